The van der Waals surface area contributed by atoms with E-state index < -0.39 is 0 Å². The number of rotatable bonds is 2. The Bertz CT molecular complexity index is 362. The number of hydrogen-bond donors (Lipinski definition) is 0. The Balaban J connectivity index is 1.86. The number of nitrogens with zero attached hydrogens (tertiary/aromatic N) is 2. The van der Waals surface area contributed by atoms with Gasteiger partial charge in [0.05, 0.1) is 30.1 Å². The monoisotopic (exact) mass is 240 g/mol. The second-order valence-electron chi connectivity index (χ2n) is 5.80. The molecule has 1 fully saturated rings. The van der Waals surface area contributed by atoms with Gasteiger partial charge in [0.2, 0.25) is 0 Å². The van der Waals surface area contributed by atoms with Crippen molar-refractivity contribution in [3.05, 3.63) is 18.2 Å². The quantitative estimate of drug-likeness (QED) is 0.793. The zero-order valence-corrected chi connectivity index (χ0v) is 10.8. The summed E-state index contributed by atoms with van der Waals surface area (Å²) in [6.07, 6.45) is 7.19. The van der Waals surface area contributed by atoms with Gasteiger partial charge in [0, 0.05) is 0 Å². The molecule has 96 valence electrons. The van der Waals surface area contributed by atoms with Crippen molar-refractivity contribution in [3.8, 4) is 0 Å². The molecular formula is C13H21FN2O. The molecule has 3 nitrogen and oxygen atoms in total. The molecule has 1 heterocycles. The van der Waals surface area contributed by atoms with Gasteiger partial charge in [0.25, 0.3) is 0 Å². The van der Waals surface area contributed by atoms with Crippen LogP contribution in [0.1, 0.15) is 52.5 Å². The van der Waals surface area contributed by atoms with Crippen molar-refractivity contribution in [2.45, 2.75) is 64.2 Å². The second kappa shape index (κ2) is 4.77. The summed E-state index contributed by atoms with van der Waals surface area (Å²) in [5, 5.41) is 4.04. The van der Waals surface area contributed by atoms with Crippen LogP contribution in [-0.4, -0.2) is 21.5 Å². The highest BCUT2D eigenvalue weighted by Crippen LogP contribution is 2.31. The van der Waals surface area contributed by atoms with Crippen molar-refractivity contribution in [1.82, 2.24) is 9.78 Å². The lowest BCUT2D eigenvalue weighted by atomic mass is 9.92. The summed E-state index contributed by atoms with van der Waals surface area (Å²) in [5.41, 5.74) is -0.0741. The van der Waals surface area contributed by atoms with Crippen LogP contribution in [0.2, 0.25) is 0 Å². The summed E-state index contributed by atoms with van der Waals surface area (Å²) in [6, 6.07) is 0.333. The average molecular weight is 240 g/mol. The molecule has 1 aliphatic rings. The van der Waals surface area contributed by atoms with Gasteiger partial charge in [-0.15, -0.1) is 0 Å². The van der Waals surface area contributed by atoms with Gasteiger partial charge in [0.15, 0.2) is 5.82 Å². The highest BCUT2D eigenvalue weighted by Gasteiger charge is 2.26. The van der Waals surface area contributed by atoms with Gasteiger partial charge in [-0.1, -0.05) is 0 Å². The lowest BCUT2D eigenvalue weighted by Gasteiger charge is -2.33. The van der Waals surface area contributed by atoms with Crippen LogP contribution in [0.25, 0.3) is 0 Å². The Kier molecular flexibility index (Phi) is 3.52. The largest absolute Gasteiger partial charge is 0.373 e. The molecule has 17 heavy (non-hydrogen) atoms. The first-order valence-corrected chi connectivity index (χ1v) is 6.31. The Hall–Kier alpha value is -0.900. The fourth-order valence-corrected chi connectivity index (χ4v) is 2.44. The molecule has 1 aromatic rings. The first-order chi connectivity index (χ1) is 7.94. The Morgan fingerprint density at radius 2 is 1.94 bits per heavy atom. The second-order valence-corrected chi connectivity index (χ2v) is 5.80. The van der Waals surface area contributed by atoms with Gasteiger partial charge in [-0.25, -0.2) is 4.39 Å². The van der Waals surface area contributed by atoms with Crippen LogP contribution in [0.3, 0.4) is 0 Å². The molecule has 0 atom stereocenters. The topological polar surface area (TPSA) is 27.1 Å². The fraction of sp³-hybridized carbons (Fsp3) is 0.769. The van der Waals surface area contributed by atoms with E-state index in [1.165, 1.54) is 12.4 Å². The van der Waals surface area contributed by atoms with Crippen molar-refractivity contribution >= 4 is 0 Å². The first kappa shape index (κ1) is 12.6. The third-order valence-corrected chi connectivity index (χ3v) is 3.11. The van der Waals surface area contributed by atoms with Crippen LogP contribution in [-0.2, 0) is 4.74 Å². The first-order valence-electron chi connectivity index (χ1n) is 6.31. The molecule has 0 N–H and O–H groups in total. The maximum Gasteiger partial charge on any atom is 0.161 e. The summed E-state index contributed by atoms with van der Waals surface area (Å²) < 4.78 is 20.6. The van der Waals surface area contributed by atoms with E-state index in [0.29, 0.717) is 12.1 Å². The minimum Gasteiger partial charge on any atom is -0.373 e. The number of halogens is 1. The van der Waals surface area contributed by atoms with E-state index >= 15 is 0 Å². The van der Waals surface area contributed by atoms with Crippen molar-refractivity contribution in [2.75, 3.05) is 0 Å². The molecule has 0 bridgehead atoms. The number of aromatic nitrogens is 2. The van der Waals surface area contributed by atoms with Crippen LogP contribution in [0.4, 0.5) is 4.39 Å². The van der Waals surface area contributed by atoms with E-state index in [4.69, 9.17) is 4.74 Å². The molecular weight excluding hydrogens is 219 g/mol. The van der Waals surface area contributed by atoms with Gasteiger partial charge in [0.1, 0.15) is 0 Å². The van der Waals surface area contributed by atoms with Gasteiger partial charge in [-0.05, 0) is 46.5 Å². The number of ether oxygens (including phenoxy) is 1. The van der Waals surface area contributed by atoms with Crippen molar-refractivity contribution < 1.29 is 9.13 Å². The van der Waals surface area contributed by atoms with E-state index in [2.05, 4.69) is 25.9 Å². The van der Waals surface area contributed by atoms with Gasteiger partial charge in [-0.2, -0.15) is 5.10 Å². The number of hydrogen-bond acceptors (Lipinski definition) is 2. The van der Waals surface area contributed by atoms with E-state index in [-0.39, 0.29) is 11.4 Å². The lowest BCUT2D eigenvalue weighted by Crippen LogP contribution is -2.31. The maximum atomic E-state index is 12.9. The standard InChI is InChI=1S/C13H21FN2O/c1-13(2,3)17-12-6-4-11(5-7-12)16-9-10(14)8-15-16/h8-9,11-12H,4-7H2,1-3H3. The predicted molar refractivity (Wildman–Crippen MR) is 64.3 cm³/mol. The molecule has 1 aliphatic carbocycles. The van der Waals surface area contributed by atoms with E-state index in [1.807, 2.05) is 0 Å². The summed E-state index contributed by atoms with van der Waals surface area (Å²) in [7, 11) is 0. The van der Waals surface area contributed by atoms with Crippen LogP contribution in [0.5, 0.6) is 0 Å². The zero-order valence-electron chi connectivity index (χ0n) is 10.8. The van der Waals surface area contributed by atoms with Gasteiger partial charge in [-0.3, -0.25) is 4.68 Å². The summed E-state index contributed by atoms with van der Waals surface area (Å²) in [4.78, 5) is 0. The minimum absolute atomic E-state index is 0.0741. The normalized spacial score (nSPS) is 26.1. The Morgan fingerprint density at radius 1 is 1.29 bits per heavy atom. The van der Waals surface area contributed by atoms with Gasteiger partial charge >= 0.3 is 0 Å². The highest BCUT2D eigenvalue weighted by molar-refractivity contribution is 4.88. The van der Waals surface area contributed by atoms with Crippen molar-refractivity contribution in [3.63, 3.8) is 0 Å². The smallest absolute Gasteiger partial charge is 0.161 e. The molecule has 4 heteroatoms. The summed E-state index contributed by atoms with van der Waals surface area (Å²) in [5.74, 6) is -0.252. The van der Waals surface area contributed by atoms with Crippen LogP contribution in [0.15, 0.2) is 12.4 Å². The summed E-state index contributed by atoms with van der Waals surface area (Å²) in [6.45, 7) is 6.26. The predicted octanol–water partition coefficient (Wildman–Crippen LogP) is 3.32. The molecule has 0 aromatic carbocycles. The third-order valence-electron chi connectivity index (χ3n) is 3.11. The molecule has 1 aromatic heterocycles. The molecule has 0 unspecified atom stereocenters. The summed E-state index contributed by atoms with van der Waals surface area (Å²) >= 11 is 0. The molecule has 0 aliphatic heterocycles. The molecule has 0 amide bonds. The SMILES string of the molecule is CC(C)(C)OC1CCC(n2cc(F)cn2)CC1. The average Bonchev–Trinajstić information content (AvgIpc) is 2.63. The van der Waals surface area contributed by atoms with E-state index in [1.54, 1.807) is 4.68 Å². The lowest BCUT2D eigenvalue weighted by molar-refractivity contribution is -0.0778. The van der Waals surface area contributed by atoms with Crippen LogP contribution < -0.4 is 0 Å². The molecule has 0 saturated heterocycles. The third kappa shape index (κ3) is 3.53. The van der Waals surface area contributed by atoms with Crippen LogP contribution in [0, 0.1) is 5.82 Å². The Morgan fingerprint density at radius 3 is 2.41 bits per heavy atom. The molecule has 0 spiro atoms. The van der Waals surface area contributed by atoms with Gasteiger partial charge < -0.3 is 4.74 Å². The van der Waals surface area contributed by atoms with E-state index in [9.17, 15) is 4.39 Å². The molecule has 0 radical (unpaired) electrons. The highest BCUT2D eigenvalue weighted by atomic mass is 19.1. The zero-order chi connectivity index (χ0) is 12.5. The maximum absolute atomic E-state index is 12.9. The van der Waals surface area contributed by atoms with E-state index in [0.717, 1.165) is 25.7 Å². The molecule has 1 saturated carbocycles. The van der Waals surface area contributed by atoms with Crippen LogP contribution >= 0.6 is 0 Å². The Labute approximate surface area is 102 Å². The van der Waals surface area contributed by atoms with Crippen molar-refractivity contribution in [1.29, 1.82) is 0 Å². The van der Waals surface area contributed by atoms with Crippen molar-refractivity contribution in [2.24, 2.45) is 0 Å². The minimum atomic E-state index is -0.252. The molecule has 2 rings (SSSR count). The fourth-order valence-electron chi connectivity index (χ4n) is 2.44.